The van der Waals surface area contributed by atoms with Crippen LogP contribution in [0.4, 0.5) is 0 Å². The molecule has 0 rings (SSSR count). The lowest BCUT2D eigenvalue weighted by Gasteiger charge is -2.18. The molecule has 0 amide bonds. The zero-order valence-electron chi connectivity index (χ0n) is 43.6. The van der Waals surface area contributed by atoms with Crippen molar-refractivity contribution in [3.8, 4) is 0 Å². The van der Waals surface area contributed by atoms with Crippen LogP contribution in [-0.4, -0.2) is 37.9 Å². The maximum Gasteiger partial charge on any atom is 0.306 e. The Kier molecular flexibility index (Phi) is 54.3. The summed E-state index contributed by atoms with van der Waals surface area (Å²) in [4.78, 5) is 25.5. The molecule has 0 aromatic heterocycles. The molecular weight excluding hydrogens is 789 g/mol. The second-order valence-electron chi connectivity index (χ2n) is 19.5. The molecule has 0 aromatic rings. The van der Waals surface area contributed by atoms with E-state index in [-0.39, 0.29) is 18.5 Å². The van der Waals surface area contributed by atoms with Crippen LogP contribution < -0.4 is 0 Å². The van der Waals surface area contributed by atoms with Crippen LogP contribution in [0.5, 0.6) is 0 Å². The average molecular weight is 902 g/mol. The molecule has 1 atom stereocenters. The molecule has 1 unspecified atom stereocenters. The Bertz CT molecular complexity index is 974. The summed E-state index contributed by atoms with van der Waals surface area (Å²) in [5.41, 5.74) is 0. The number of hydrogen-bond donors (Lipinski definition) is 0. The fourth-order valence-corrected chi connectivity index (χ4v) is 8.62. The van der Waals surface area contributed by atoms with Crippen molar-refractivity contribution in [3.05, 3.63) is 24.3 Å². The summed E-state index contributed by atoms with van der Waals surface area (Å²) < 4.78 is 17.4. The van der Waals surface area contributed by atoms with E-state index in [0.717, 1.165) is 32.1 Å². The molecule has 0 aliphatic rings. The first-order chi connectivity index (χ1) is 31.6. The first-order valence-electron chi connectivity index (χ1n) is 28.9. The predicted octanol–water partition coefficient (Wildman–Crippen LogP) is 19.6. The van der Waals surface area contributed by atoms with Gasteiger partial charge in [0.25, 0.3) is 0 Å². The Labute approximate surface area is 400 Å². The second kappa shape index (κ2) is 55.7. The lowest BCUT2D eigenvalue weighted by atomic mass is 10.1. The van der Waals surface area contributed by atoms with Crippen molar-refractivity contribution in [1.29, 1.82) is 0 Å². The number of rotatable bonds is 54. The van der Waals surface area contributed by atoms with Crippen LogP contribution in [0.1, 0.15) is 316 Å². The summed E-state index contributed by atoms with van der Waals surface area (Å²) in [5.74, 6) is -0.382. The van der Waals surface area contributed by atoms with E-state index in [1.807, 2.05) is 0 Å². The molecule has 0 saturated heterocycles. The summed E-state index contributed by atoms with van der Waals surface area (Å²) in [6, 6.07) is 0. The van der Waals surface area contributed by atoms with Gasteiger partial charge in [0.1, 0.15) is 6.61 Å². The fraction of sp³-hybridized carbons (Fsp3) is 0.898. The lowest BCUT2D eigenvalue weighted by Crippen LogP contribution is -2.30. The van der Waals surface area contributed by atoms with Crippen molar-refractivity contribution in [3.63, 3.8) is 0 Å². The minimum atomic E-state index is -0.531. The van der Waals surface area contributed by atoms with Gasteiger partial charge in [0.15, 0.2) is 6.10 Å². The van der Waals surface area contributed by atoms with E-state index in [4.69, 9.17) is 14.2 Å². The standard InChI is InChI=1S/C59H112O5/c1-4-7-10-13-16-19-22-24-26-28-30-32-34-36-38-40-43-46-49-52-58(60)63-56-57(55-62-54-51-48-45-42-21-18-15-12-9-6-3)64-59(61)53-50-47-44-41-39-37-35-33-31-29-27-25-23-20-17-14-11-8-5-2/h24-27,57H,4-23,28-56H2,1-3H3/b26-24-,27-25-. The Hall–Kier alpha value is -1.62. The molecule has 5 heteroatoms. The molecule has 0 spiro atoms. The van der Waals surface area contributed by atoms with Gasteiger partial charge in [-0.2, -0.15) is 0 Å². The summed E-state index contributed by atoms with van der Waals surface area (Å²) in [5, 5.41) is 0. The molecule has 0 heterocycles. The highest BCUT2D eigenvalue weighted by Gasteiger charge is 2.17. The Morgan fingerprint density at radius 3 is 0.953 bits per heavy atom. The maximum absolute atomic E-state index is 12.8. The minimum absolute atomic E-state index is 0.0903. The van der Waals surface area contributed by atoms with Gasteiger partial charge in [0.2, 0.25) is 0 Å². The first-order valence-corrected chi connectivity index (χ1v) is 28.9. The third-order valence-electron chi connectivity index (χ3n) is 13.0. The molecule has 378 valence electrons. The number of carbonyl (C=O) groups is 2. The molecule has 0 aliphatic heterocycles. The van der Waals surface area contributed by atoms with Crippen molar-refractivity contribution in [2.75, 3.05) is 19.8 Å². The van der Waals surface area contributed by atoms with Gasteiger partial charge in [0.05, 0.1) is 6.61 Å². The molecule has 5 nitrogen and oxygen atoms in total. The van der Waals surface area contributed by atoms with Gasteiger partial charge in [-0.05, 0) is 70.6 Å². The number of unbranched alkanes of at least 4 members (excludes halogenated alkanes) is 39. The molecule has 0 N–H and O–H groups in total. The molecule has 0 fully saturated rings. The average Bonchev–Trinajstić information content (AvgIpc) is 3.30. The molecule has 0 radical (unpaired) electrons. The van der Waals surface area contributed by atoms with Crippen molar-refractivity contribution < 1.29 is 23.8 Å². The van der Waals surface area contributed by atoms with E-state index < -0.39 is 6.10 Å². The van der Waals surface area contributed by atoms with Gasteiger partial charge in [-0.3, -0.25) is 9.59 Å². The van der Waals surface area contributed by atoms with E-state index in [2.05, 4.69) is 45.1 Å². The monoisotopic (exact) mass is 901 g/mol. The van der Waals surface area contributed by atoms with Crippen LogP contribution in [0.2, 0.25) is 0 Å². The molecular formula is C59H112O5. The highest BCUT2D eigenvalue weighted by atomic mass is 16.6. The predicted molar refractivity (Wildman–Crippen MR) is 279 cm³/mol. The highest BCUT2D eigenvalue weighted by molar-refractivity contribution is 5.70. The number of hydrogen-bond acceptors (Lipinski definition) is 5. The third kappa shape index (κ3) is 53.0. The van der Waals surface area contributed by atoms with Crippen LogP contribution in [0, 0.1) is 0 Å². The SMILES string of the molecule is CCCCCCCC/C=C\CCCCCCCCCCCC(=O)OCC(COCCCCCCCCCCCC)OC(=O)CCCCCCCCCCC/C=C\CCCCCCCC. The summed E-state index contributed by atoms with van der Waals surface area (Å²) in [6.45, 7) is 7.87. The number of esters is 2. The van der Waals surface area contributed by atoms with Gasteiger partial charge in [0, 0.05) is 19.4 Å². The van der Waals surface area contributed by atoms with E-state index >= 15 is 0 Å². The Morgan fingerprint density at radius 2 is 0.609 bits per heavy atom. The van der Waals surface area contributed by atoms with Gasteiger partial charge < -0.3 is 14.2 Å². The maximum atomic E-state index is 12.8. The lowest BCUT2D eigenvalue weighted by molar-refractivity contribution is -0.163. The quantitative estimate of drug-likeness (QED) is 0.0346. The number of ether oxygens (including phenoxy) is 3. The summed E-state index contributed by atoms with van der Waals surface area (Å²) >= 11 is 0. The van der Waals surface area contributed by atoms with Crippen LogP contribution in [0.25, 0.3) is 0 Å². The van der Waals surface area contributed by atoms with Crippen molar-refractivity contribution in [1.82, 2.24) is 0 Å². The van der Waals surface area contributed by atoms with E-state index in [1.54, 1.807) is 0 Å². The first kappa shape index (κ1) is 62.4. The van der Waals surface area contributed by atoms with E-state index in [1.165, 1.54) is 250 Å². The Balaban J connectivity index is 4.14. The van der Waals surface area contributed by atoms with Crippen molar-refractivity contribution in [2.45, 2.75) is 322 Å². The van der Waals surface area contributed by atoms with Gasteiger partial charge >= 0.3 is 11.9 Å². The second-order valence-corrected chi connectivity index (χ2v) is 19.5. The third-order valence-corrected chi connectivity index (χ3v) is 13.0. The fourth-order valence-electron chi connectivity index (χ4n) is 8.62. The van der Waals surface area contributed by atoms with Crippen LogP contribution in [0.15, 0.2) is 24.3 Å². The van der Waals surface area contributed by atoms with Crippen LogP contribution in [0.3, 0.4) is 0 Å². The topological polar surface area (TPSA) is 61.8 Å². The van der Waals surface area contributed by atoms with E-state index in [9.17, 15) is 9.59 Å². The largest absolute Gasteiger partial charge is 0.462 e. The minimum Gasteiger partial charge on any atom is -0.462 e. The zero-order chi connectivity index (χ0) is 46.3. The van der Waals surface area contributed by atoms with Crippen LogP contribution in [-0.2, 0) is 23.8 Å². The van der Waals surface area contributed by atoms with Crippen molar-refractivity contribution in [2.24, 2.45) is 0 Å². The number of carbonyl (C=O) groups excluding carboxylic acids is 2. The van der Waals surface area contributed by atoms with Crippen LogP contribution >= 0.6 is 0 Å². The molecule has 0 bridgehead atoms. The molecule has 0 aromatic carbocycles. The molecule has 0 saturated carbocycles. The number of allylic oxidation sites excluding steroid dienone is 4. The Morgan fingerprint density at radius 1 is 0.328 bits per heavy atom. The summed E-state index contributed by atoms with van der Waals surface area (Å²) in [7, 11) is 0. The highest BCUT2D eigenvalue weighted by Crippen LogP contribution is 2.16. The molecule has 64 heavy (non-hydrogen) atoms. The van der Waals surface area contributed by atoms with Gasteiger partial charge in [-0.15, -0.1) is 0 Å². The van der Waals surface area contributed by atoms with Gasteiger partial charge in [-0.25, -0.2) is 0 Å². The van der Waals surface area contributed by atoms with E-state index in [0.29, 0.717) is 26.1 Å². The van der Waals surface area contributed by atoms with Gasteiger partial charge in [-0.1, -0.05) is 257 Å². The summed E-state index contributed by atoms with van der Waals surface area (Å²) in [6.07, 6.45) is 66.3. The molecule has 0 aliphatic carbocycles. The normalized spacial score (nSPS) is 12.2. The smallest absolute Gasteiger partial charge is 0.306 e. The van der Waals surface area contributed by atoms with Crippen molar-refractivity contribution >= 4 is 11.9 Å². The zero-order valence-corrected chi connectivity index (χ0v) is 43.6.